The number of aryl methyl sites for hydroxylation is 1. The third-order valence-electron chi connectivity index (χ3n) is 2.79. The maximum absolute atomic E-state index is 11.3. The molecule has 1 aromatic carbocycles. The topological polar surface area (TPSA) is 29.1 Å². The Hall–Kier alpha value is -1.15. The van der Waals surface area contributed by atoms with Crippen molar-refractivity contribution in [3.63, 3.8) is 0 Å². The predicted molar refractivity (Wildman–Crippen MR) is 56.2 cm³/mol. The quantitative estimate of drug-likeness (QED) is 0.732. The third-order valence-corrected chi connectivity index (χ3v) is 2.79. The van der Waals surface area contributed by atoms with Crippen molar-refractivity contribution in [3.05, 3.63) is 35.4 Å². The summed E-state index contributed by atoms with van der Waals surface area (Å²) in [4.78, 5) is 11.3. The molecule has 0 radical (unpaired) electrons. The average Bonchev–Trinajstić information content (AvgIpc) is 2.18. The van der Waals surface area contributed by atoms with E-state index in [1.807, 2.05) is 12.1 Å². The fourth-order valence-electron chi connectivity index (χ4n) is 1.99. The summed E-state index contributed by atoms with van der Waals surface area (Å²) < 4.78 is 0. The molecule has 1 aliphatic rings. The summed E-state index contributed by atoms with van der Waals surface area (Å²) >= 11 is 0. The van der Waals surface area contributed by atoms with Crippen molar-refractivity contribution in [2.75, 3.05) is 6.54 Å². The average molecular weight is 189 g/mol. The Morgan fingerprint density at radius 3 is 2.86 bits per heavy atom. The molecule has 1 aromatic rings. The smallest absolute Gasteiger partial charge is 0.136 e. The Labute approximate surface area is 84.3 Å². The number of rotatable bonds is 1. The predicted octanol–water partition coefficient (Wildman–Crippen LogP) is 1.99. The first-order valence-electron chi connectivity index (χ1n) is 5.08. The largest absolute Gasteiger partial charge is 0.309 e. The highest BCUT2D eigenvalue weighted by Gasteiger charge is 2.20. The highest BCUT2D eigenvalue weighted by Crippen LogP contribution is 2.23. The summed E-state index contributed by atoms with van der Waals surface area (Å²) in [6, 6.07) is 8.49. The molecule has 1 unspecified atom stereocenters. The Morgan fingerprint density at radius 1 is 1.36 bits per heavy atom. The van der Waals surface area contributed by atoms with Crippen molar-refractivity contribution in [1.82, 2.24) is 5.32 Å². The summed E-state index contributed by atoms with van der Waals surface area (Å²) in [5, 5.41) is 3.39. The van der Waals surface area contributed by atoms with Gasteiger partial charge in [0.1, 0.15) is 5.78 Å². The van der Waals surface area contributed by atoms with E-state index in [4.69, 9.17) is 0 Å². The second-order valence-corrected chi connectivity index (χ2v) is 3.86. The first kappa shape index (κ1) is 9.41. The van der Waals surface area contributed by atoms with Gasteiger partial charge in [0, 0.05) is 25.4 Å². The highest BCUT2D eigenvalue weighted by atomic mass is 16.1. The molecule has 1 saturated heterocycles. The summed E-state index contributed by atoms with van der Waals surface area (Å²) in [5.74, 6) is 0.372. The number of Topliss-reactive ketones (excluding diaryl/α,β-unsaturated/α-hetero) is 1. The van der Waals surface area contributed by atoms with E-state index in [1.165, 1.54) is 11.1 Å². The zero-order valence-electron chi connectivity index (χ0n) is 8.42. The summed E-state index contributed by atoms with van der Waals surface area (Å²) in [6.07, 6.45) is 1.33. The number of benzene rings is 1. The van der Waals surface area contributed by atoms with E-state index >= 15 is 0 Å². The van der Waals surface area contributed by atoms with Gasteiger partial charge in [0.25, 0.3) is 0 Å². The lowest BCUT2D eigenvalue weighted by atomic mass is 9.94. The number of nitrogens with one attached hydrogen (secondary N) is 1. The normalized spacial score (nSPS) is 22.4. The third kappa shape index (κ3) is 1.85. The minimum atomic E-state index is 0.234. The van der Waals surface area contributed by atoms with Gasteiger partial charge in [-0.25, -0.2) is 0 Å². The highest BCUT2D eigenvalue weighted by molar-refractivity contribution is 5.80. The van der Waals surface area contributed by atoms with Crippen molar-refractivity contribution in [2.45, 2.75) is 25.8 Å². The number of carbonyl (C=O) groups is 1. The second kappa shape index (κ2) is 3.93. The molecule has 1 heterocycles. The minimum Gasteiger partial charge on any atom is -0.309 e. The molecule has 2 rings (SSSR count). The van der Waals surface area contributed by atoms with Crippen LogP contribution in [0.25, 0.3) is 0 Å². The number of carbonyl (C=O) groups excluding carboxylic acids is 1. The van der Waals surface area contributed by atoms with Gasteiger partial charge in [-0.05, 0) is 18.1 Å². The molecule has 0 aliphatic carbocycles. The SMILES string of the molecule is Cc1ccccc1C1CC(=O)CCN1. The number of ketones is 1. The summed E-state index contributed by atoms with van der Waals surface area (Å²) in [7, 11) is 0. The van der Waals surface area contributed by atoms with Crippen LogP contribution in [0.1, 0.15) is 30.0 Å². The van der Waals surface area contributed by atoms with E-state index < -0.39 is 0 Å². The molecule has 0 saturated carbocycles. The van der Waals surface area contributed by atoms with E-state index in [2.05, 4.69) is 24.4 Å². The van der Waals surface area contributed by atoms with Crippen LogP contribution >= 0.6 is 0 Å². The van der Waals surface area contributed by atoms with Crippen molar-refractivity contribution >= 4 is 5.78 Å². The van der Waals surface area contributed by atoms with Crippen LogP contribution < -0.4 is 5.32 Å². The van der Waals surface area contributed by atoms with E-state index in [1.54, 1.807) is 0 Å². The minimum absolute atomic E-state index is 0.234. The lowest BCUT2D eigenvalue weighted by Crippen LogP contribution is -2.32. The monoisotopic (exact) mass is 189 g/mol. The zero-order chi connectivity index (χ0) is 9.97. The van der Waals surface area contributed by atoms with Gasteiger partial charge in [0.05, 0.1) is 0 Å². The van der Waals surface area contributed by atoms with Gasteiger partial charge < -0.3 is 5.32 Å². The lowest BCUT2D eigenvalue weighted by Gasteiger charge is -2.24. The maximum Gasteiger partial charge on any atom is 0.136 e. The van der Waals surface area contributed by atoms with Gasteiger partial charge in [0.2, 0.25) is 0 Å². The van der Waals surface area contributed by atoms with Crippen LogP contribution in [0.3, 0.4) is 0 Å². The first-order valence-corrected chi connectivity index (χ1v) is 5.08. The van der Waals surface area contributed by atoms with Crippen LogP contribution in [-0.2, 0) is 4.79 Å². The number of hydrogen-bond donors (Lipinski definition) is 1. The van der Waals surface area contributed by atoms with Crippen LogP contribution in [-0.4, -0.2) is 12.3 Å². The Bertz CT molecular complexity index is 346. The standard InChI is InChI=1S/C12H15NO/c1-9-4-2-3-5-11(9)12-8-10(14)6-7-13-12/h2-5,12-13H,6-8H2,1H3. The van der Waals surface area contributed by atoms with Crippen LogP contribution in [0, 0.1) is 6.92 Å². The molecule has 0 aromatic heterocycles. The van der Waals surface area contributed by atoms with Crippen LogP contribution in [0.2, 0.25) is 0 Å². The van der Waals surface area contributed by atoms with Gasteiger partial charge in [-0.15, -0.1) is 0 Å². The van der Waals surface area contributed by atoms with E-state index in [0.717, 1.165) is 6.54 Å². The van der Waals surface area contributed by atoms with E-state index in [9.17, 15) is 4.79 Å². The molecular weight excluding hydrogens is 174 g/mol. The van der Waals surface area contributed by atoms with Crippen molar-refractivity contribution < 1.29 is 4.79 Å². The molecule has 2 heteroatoms. The van der Waals surface area contributed by atoms with Gasteiger partial charge in [0.15, 0.2) is 0 Å². The Kier molecular flexibility index (Phi) is 2.64. The molecule has 0 spiro atoms. The molecule has 1 fully saturated rings. The van der Waals surface area contributed by atoms with Gasteiger partial charge >= 0.3 is 0 Å². The first-order chi connectivity index (χ1) is 6.77. The molecule has 14 heavy (non-hydrogen) atoms. The van der Waals surface area contributed by atoms with E-state index in [-0.39, 0.29) is 6.04 Å². The van der Waals surface area contributed by atoms with E-state index in [0.29, 0.717) is 18.6 Å². The van der Waals surface area contributed by atoms with Crippen LogP contribution in [0.5, 0.6) is 0 Å². The lowest BCUT2D eigenvalue weighted by molar-refractivity contribution is -0.120. The summed E-state index contributed by atoms with van der Waals surface area (Å²) in [6.45, 7) is 2.91. The van der Waals surface area contributed by atoms with Crippen molar-refractivity contribution in [1.29, 1.82) is 0 Å². The Balaban J connectivity index is 2.22. The molecule has 1 N–H and O–H groups in total. The van der Waals surface area contributed by atoms with Gasteiger partial charge in [-0.3, -0.25) is 4.79 Å². The fourth-order valence-corrected chi connectivity index (χ4v) is 1.99. The molecule has 2 nitrogen and oxygen atoms in total. The number of piperidine rings is 1. The van der Waals surface area contributed by atoms with Crippen molar-refractivity contribution in [2.24, 2.45) is 0 Å². The zero-order valence-corrected chi connectivity index (χ0v) is 8.42. The summed E-state index contributed by atoms with van der Waals surface area (Å²) in [5.41, 5.74) is 2.53. The maximum atomic E-state index is 11.3. The molecule has 0 amide bonds. The molecule has 1 atom stereocenters. The fraction of sp³-hybridized carbons (Fsp3) is 0.417. The Morgan fingerprint density at radius 2 is 2.14 bits per heavy atom. The number of hydrogen-bond acceptors (Lipinski definition) is 2. The molecule has 0 bridgehead atoms. The molecule has 1 aliphatic heterocycles. The van der Waals surface area contributed by atoms with Gasteiger partial charge in [-0.2, -0.15) is 0 Å². The van der Waals surface area contributed by atoms with Crippen molar-refractivity contribution in [3.8, 4) is 0 Å². The van der Waals surface area contributed by atoms with Crippen LogP contribution in [0.15, 0.2) is 24.3 Å². The second-order valence-electron chi connectivity index (χ2n) is 3.86. The molecular formula is C12H15NO. The van der Waals surface area contributed by atoms with Gasteiger partial charge in [-0.1, -0.05) is 24.3 Å². The van der Waals surface area contributed by atoms with Crippen LogP contribution in [0.4, 0.5) is 0 Å². The molecule has 74 valence electrons.